The molecule has 2 aliphatic rings. The van der Waals surface area contributed by atoms with Crippen molar-refractivity contribution in [2.24, 2.45) is 5.92 Å². The van der Waals surface area contributed by atoms with E-state index in [1.807, 2.05) is 36.3 Å². The van der Waals surface area contributed by atoms with E-state index in [0.717, 1.165) is 49.8 Å². The number of piperazine rings is 1. The van der Waals surface area contributed by atoms with Crippen molar-refractivity contribution in [3.05, 3.63) is 45.9 Å². The van der Waals surface area contributed by atoms with Crippen molar-refractivity contribution < 1.29 is 19.1 Å². The van der Waals surface area contributed by atoms with Gasteiger partial charge in [-0.05, 0) is 44.4 Å². The number of piperidine rings is 1. The van der Waals surface area contributed by atoms with Crippen LogP contribution in [0, 0.1) is 12.8 Å². The van der Waals surface area contributed by atoms with E-state index in [2.05, 4.69) is 22.0 Å². The molecule has 0 spiro atoms. The molecule has 8 nitrogen and oxygen atoms in total. The second kappa shape index (κ2) is 11.7. The Kier molecular flexibility index (Phi) is 8.39. The molecule has 3 heterocycles. The van der Waals surface area contributed by atoms with Gasteiger partial charge >= 0.3 is 6.09 Å². The van der Waals surface area contributed by atoms with Gasteiger partial charge in [0.2, 0.25) is 0 Å². The van der Waals surface area contributed by atoms with Gasteiger partial charge in [-0.3, -0.25) is 9.69 Å². The molecule has 1 aromatic carbocycles. The second-order valence-electron chi connectivity index (χ2n) is 8.93. The fourth-order valence-electron chi connectivity index (χ4n) is 4.48. The summed E-state index contributed by atoms with van der Waals surface area (Å²) in [5.74, 6) is 1.21. The summed E-state index contributed by atoms with van der Waals surface area (Å²) in [4.78, 5) is 34.9. The van der Waals surface area contributed by atoms with Gasteiger partial charge in [0, 0.05) is 57.1 Å². The van der Waals surface area contributed by atoms with Crippen molar-refractivity contribution in [1.29, 1.82) is 0 Å². The van der Waals surface area contributed by atoms with Crippen LogP contribution in [0.3, 0.4) is 0 Å². The maximum atomic E-state index is 12.7. The molecule has 0 radical (unpaired) electrons. The van der Waals surface area contributed by atoms with Crippen molar-refractivity contribution in [3.8, 4) is 5.75 Å². The standard InChI is InChI=1S/C25H34N4O4S/c1-3-32-25(31)28-13-11-27(12-14-28)15-20-6-8-22(9-7-20)33-17-21-5-4-10-29(16-21)24(30)23-18-34-19(2)26-23/h6-9,18,21H,3-5,10-17H2,1-2H3. The zero-order valence-electron chi connectivity index (χ0n) is 20.1. The molecule has 184 valence electrons. The van der Waals surface area contributed by atoms with Gasteiger partial charge in [0.25, 0.3) is 5.91 Å². The first-order chi connectivity index (χ1) is 16.5. The van der Waals surface area contributed by atoms with Crippen LogP contribution in [-0.2, 0) is 11.3 Å². The van der Waals surface area contributed by atoms with E-state index in [1.54, 1.807) is 4.90 Å². The maximum Gasteiger partial charge on any atom is 0.409 e. The lowest BCUT2D eigenvalue weighted by molar-refractivity contribution is 0.0627. The predicted molar refractivity (Wildman–Crippen MR) is 131 cm³/mol. The number of aryl methyl sites for hydroxylation is 1. The van der Waals surface area contributed by atoms with Gasteiger partial charge in [0.1, 0.15) is 11.4 Å². The van der Waals surface area contributed by atoms with Crippen molar-refractivity contribution in [2.45, 2.75) is 33.2 Å². The molecule has 2 amide bonds. The molecule has 0 N–H and O–H groups in total. The van der Waals surface area contributed by atoms with Crippen LogP contribution in [0.25, 0.3) is 0 Å². The maximum absolute atomic E-state index is 12.7. The Morgan fingerprint density at radius 1 is 1.09 bits per heavy atom. The number of carbonyl (C=O) groups is 2. The van der Waals surface area contributed by atoms with Crippen molar-refractivity contribution in [1.82, 2.24) is 19.7 Å². The van der Waals surface area contributed by atoms with Gasteiger partial charge < -0.3 is 19.3 Å². The van der Waals surface area contributed by atoms with Crippen LogP contribution >= 0.6 is 11.3 Å². The topological polar surface area (TPSA) is 75.2 Å². The minimum Gasteiger partial charge on any atom is -0.493 e. The molecule has 1 atom stereocenters. The number of benzene rings is 1. The number of ether oxygens (including phenoxy) is 2. The zero-order valence-corrected chi connectivity index (χ0v) is 20.9. The molecular weight excluding hydrogens is 452 g/mol. The van der Waals surface area contributed by atoms with Gasteiger partial charge in [-0.1, -0.05) is 12.1 Å². The molecule has 2 saturated heterocycles. The number of hydrogen-bond acceptors (Lipinski definition) is 7. The second-order valence-corrected chi connectivity index (χ2v) is 9.99. The number of hydrogen-bond donors (Lipinski definition) is 0. The van der Waals surface area contributed by atoms with Crippen LogP contribution in [-0.4, -0.2) is 84.2 Å². The Bertz CT molecular complexity index is 956. The van der Waals surface area contributed by atoms with E-state index < -0.39 is 0 Å². The smallest absolute Gasteiger partial charge is 0.409 e. The average Bonchev–Trinajstić information content (AvgIpc) is 3.30. The summed E-state index contributed by atoms with van der Waals surface area (Å²) in [5.41, 5.74) is 1.78. The molecule has 2 aromatic rings. The minimum absolute atomic E-state index is 0.0292. The van der Waals surface area contributed by atoms with E-state index in [1.165, 1.54) is 16.9 Å². The molecule has 0 aliphatic carbocycles. The largest absolute Gasteiger partial charge is 0.493 e. The van der Waals surface area contributed by atoms with Gasteiger partial charge in [-0.2, -0.15) is 0 Å². The van der Waals surface area contributed by atoms with Gasteiger partial charge in [0.05, 0.1) is 18.2 Å². The summed E-state index contributed by atoms with van der Waals surface area (Å²) in [5, 5.41) is 2.77. The van der Waals surface area contributed by atoms with Crippen molar-refractivity contribution in [3.63, 3.8) is 0 Å². The lowest BCUT2D eigenvalue weighted by Crippen LogP contribution is -2.48. The third-order valence-electron chi connectivity index (χ3n) is 6.36. The monoisotopic (exact) mass is 486 g/mol. The third kappa shape index (κ3) is 6.48. The molecule has 0 saturated carbocycles. The Hall–Kier alpha value is -2.65. The van der Waals surface area contributed by atoms with Gasteiger partial charge in [-0.15, -0.1) is 11.3 Å². The zero-order chi connectivity index (χ0) is 23.9. The lowest BCUT2D eigenvalue weighted by Gasteiger charge is -2.34. The normalized spacial score (nSPS) is 19.2. The third-order valence-corrected chi connectivity index (χ3v) is 7.13. The molecular formula is C25H34N4O4S. The number of nitrogens with zero attached hydrogens (tertiary/aromatic N) is 4. The summed E-state index contributed by atoms with van der Waals surface area (Å²) >= 11 is 1.51. The van der Waals surface area contributed by atoms with E-state index >= 15 is 0 Å². The summed E-state index contributed by atoms with van der Waals surface area (Å²) in [6.07, 6.45) is 1.84. The fourth-order valence-corrected chi connectivity index (χ4v) is 5.06. The van der Waals surface area contributed by atoms with Gasteiger partial charge in [-0.25, -0.2) is 9.78 Å². The van der Waals surface area contributed by atoms with Crippen LogP contribution in [0.1, 0.15) is 40.8 Å². The number of thiazole rings is 1. The Morgan fingerprint density at radius 2 is 1.85 bits per heavy atom. The van der Waals surface area contributed by atoms with Crippen molar-refractivity contribution >= 4 is 23.3 Å². The lowest BCUT2D eigenvalue weighted by atomic mass is 9.98. The quantitative estimate of drug-likeness (QED) is 0.595. The fraction of sp³-hybridized carbons (Fsp3) is 0.560. The van der Waals surface area contributed by atoms with Crippen LogP contribution in [0.4, 0.5) is 4.79 Å². The predicted octanol–water partition coefficient (Wildman–Crippen LogP) is 3.66. The van der Waals surface area contributed by atoms with Crippen molar-refractivity contribution in [2.75, 3.05) is 52.5 Å². The first-order valence-electron chi connectivity index (χ1n) is 12.1. The summed E-state index contributed by atoms with van der Waals surface area (Å²) in [6, 6.07) is 8.25. The van der Waals surface area contributed by atoms with E-state index in [9.17, 15) is 9.59 Å². The van der Waals surface area contributed by atoms with E-state index in [0.29, 0.717) is 44.5 Å². The number of amides is 2. The first-order valence-corrected chi connectivity index (χ1v) is 13.0. The number of rotatable bonds is 7. The van der Waals surface area contributed by atoms with E-state index in [4.69, 9.17) is 9.47 Å². The highest BCUT2D eigenvalue weighted by atomic mass is 32.1. The highest BCUT2D eigenvalue weighted by Crippen LogP contribution is 2.22. The molecule has 34 heavy (non-hydrogen) atoms. The summed E-state index contributed by atoms with van der Waals surface area (Å²) in [6.45, 7) is 10.2. The molecule has 2 fully saturated rings. The minimum atomic E-state index is -0.215. The molecule has 1 aromatic heterocycles. The SMILES string of the molecule is CCOC(=O)N1CCN(Cc2ccc(OCC3CCCN(C(=O)c4csc(C)n4)C3)cc2)CC1. The molecule has 0 bridgehead atoms. The number of aromatic nitrogens is 1. The van der Waals surface area contributed by atoms with Crippen LogP contribution in [0.15, 0.2) is 29.6 Å². The number of carbonyl (C=O) groups excluding carboxylic acids is 2. The van der Waals surface area contributed by atoms with Crippen LogP contribution in [0.5, 0.6) is 5.75 Å². The van der Waals surface area contributed by atoms with Gasteiger partial charge in [0.15, 0.2) is 0 Å². The van der Waals surface area contributed by atoms with Crippen LogP contribution < -0.4 is 4.74 Å². The Labute approximate surface area is 205 Å². The molecule has 4 rings (SSSR count). The average molecular weight is 487 g/mol. The molecule has 2 aliphatic heterocycles. The molecule has 1 unspecified atom stereocenters. The summed E-state index contributed by atoms with van der Waals surface area (Å²) in [7, 11) is 0. The first kappa shape index (κ1) is 24.5. The Morgan fingerprint density at radius 3 is 2.53 bits per heavy atom. The highest BCUT2D eigenvalue weighted by molar-refractivity contribution is 7.09. The summed E-state index contributed by atoms with van der Waals surface area (Å²) < 4.78 is 11.2. The molecule has 9 heteroatoms. The highest BCUT2D eigenvalue weighted by Gasteiger charge is 2.26. The van der Waals surface area contributed by atoms with E-state index in [-0.39, 0.29) is 12.0 Å². The van der Waals surface area contributed by atoms with Crippen LogP contribution in [0.2, 0.25) is 0 Å². The Balaban J connectivity index is 1.20. The number of likely N-dealkylation sites (tertiary alicyclic amines) is 1.